The number of amides is 1. The quantitative estimate of drug-likeness (QED) is 0.898. The summed E-state index contributed by atoms with van der Waals surface area (Å²) in [7, 11) is 0. The van der Waals surface area contributed by atoms with Crippen molar-refractivity contribution in [1.82, 2.24) is 0 Å². The molecular weight excluding hydrogens is 296 g/mol. The van der Waals surface area contributed by atoms with E-state index in [2.05, 4.69) is 41.4 Å². The first-order valence-electron chi connectivity index (χ1n) is 8.70. The molecule has 1 heterocycles. The van der Waals surface area contributed by atoms with Crippen LogP contribution in [0.15, 0.2) is 48.5 Å². The molecular formula is C21H26N2O. The van der Waals surface area contributed by atoms with E-state index in [0.29, 0.717) is 0 Å². The van der Waals surface area contributed by atoms with Gasteiger partial charge in [-0.25, -0.2) is 0 Å². The molecule has 0 aliphatic carbocycles. The summed E-state index contributed by atoms with van der Waals surface area (Å²) in [6.07, 6.45) is 2.53. The molecule has 0 spiro atoms. The highest BCUT2D eigenvalue weighted by molar-refractivity contribution is 5.98. The zero-order valence-electron chi connectivity index (χ0n) is 14.8. The van der Waals surface area contributed by atoms with Crippen LogP contribution in [0.25, 0.3) is 0 Å². The number of aryl methyl sites for hydroxylation is 1. The fraction of sp³-hybridized carbons (Fsp3) is 0.381. The van der Waals surface area contributed by atoms with Gasteiger partial charge in [0.05, 0.1) is 5.41 Å². The topological polar surface area (TPSA) is 32.3 Å². The molecule has 0 unspecified atom stereocenters. The van der Waals surface area contributed by atoms with Crippen LogP contribution < -0.4 is 10.2 Å². The third-order valence-corrected chi connectivity index (χ3v) is 4.94. The normalized spacial score (nSPS) is 14.7. The van der Waals surface area contributed by atoms with Crippen LogP contribution in [0.2, 0.25) is 0 Å². The first-order chi connectivity index (χ1) is 11.5. The molecule has 0 radical (unpaired) electrons. The minimum absolute atomic E-state index is 0.0141. The molecule has 1 saturated heterocycles. The van der Waals surface area contributed by atoms with Crippen molar-refractivity contribution in [2.75, 3.05) is 23.3 Å². The van der Waals surface area contributed by atoms with E-state index in [1.807, 2.05) is 38.1 Å². The highest BCUT2D eigenvalue weighted by atomic mass is 16.2. The van der Waals surface area contributed by atoms with Gasteiger partial charge >= 0.3 is 0 Å². The zero-order chi connectivity index (χ0) is 17.2. The molecule has 3 rings (SSSR count). The molecule has 1 aliphatic rings. The first-order valence-corrected chi connectivity index (χ1v) is 8.70. The molecule has 2 aromatic carbocycles. The van der Waals surface area contributed by atoms with Gasteiger partial charge in [0.25, 0.3) is 0 Å². The molecule has 3 nitrogen and oxygen atoms in total. The minimum atomic E-state index is -0.568. The molecule has 0 atom stereocenters. The van der Waals surface area contributed by atoms with Gasteiger partial charge in [0.2, 0.25) is 5.91 Å². The van der Waals surface area contributed by atoms with E-state index in [4.69, 9.17) is 0 Å². The van der Waals surface area contributed by atoms with Crippen molar-refractivity contribution >= 4 is 17.3 Å². The number of rotatable bonds is 4. The summed E-state index contributed by atoms with van der Waals surface area (Å²) in [5.74, 6) is 0.0141. The van der Waals surface area contributed by atoms with Gasteiger partial charge in [-0.1, -0.05) is 29.8 Å². The van der Waals surface area contributed by atoms with Gasteiger partial charge in [-0.3, -0.25) is 4.79 Å². The number of hydrogen-bond donors (Lipinski definition) is 1. The van der Waals surface area contributed by atoms with Crippen molar-refractivity contribution in [3.63, 3.8) is 0 Å². The van der Waals surface area contributed by atoms with Crippen LogP contribution in [0.5, 0.6) is 0 Å². The van der Waals surface area contributed by atoms with Gasteiger partial charge < -0.3 is 10.2 Å². The molecule has 1 amide bonds. The van der Waals surface area contributed by atoms with Gasteiger partial charge in [0, 0.05) is 24.5 Å². The smallest absolute Gasteiger partial charge is 0.234 e. The molecule has 3 heteroatoms. The average Bonchev–Trinajstić information content (AvgIpc) is 3.10. The fourth-order valence-corrected chi connectivity index (χ4v) is 3.12. The first kappa shape index (κ1) is 16.6. The Balaban J connectivity index is 1.70. The maximum Gasteiger partial charge on any atom is 0.234 e. The summed E-state index contributed by atoms with van der Waals surface area (Å²) in [6.45, 7) is 8.24. The molecule has 0 saturated carbocycles. The van der Waals surface area contributed by atoms with Crippen LogP contribution in [0, 0.1) is 6.92 Å². The standard InChI is InChI=1S/C21H26N2O/c1-16-6-8-17(9-7-16)21(2,3)20(24)22-18-10-12-19(13-11-18)23-14-4-5-15-23/h6-13H,4-5,14-15H2,1-3H3,(H,22,24). The number of carbonyl (C=O) groups excluding carboxylic acids is 1. The molecule has 24 heavy (non-hydrogen) atoms. The second-order valence-corrected chi connectivity index (χ2v) is 7.19. The Morgan fingerprint density at radius 2 is 1.54 bits per heavy atom. The maximum atomic E-state index is 12.7. The molecule has 0 aromatic heterocycles. The van der Waals surface area contributed by atoms with E-state index in [1.165, 1.54) is 24.1 Å². The zero-order valence-corrected chi connectivity index (χ0v) is 14.8. The lowest BCUT2D eigenvalue weighted by Gasteiger charge is -2.25. The van der Waals surface area contributed by atoms with Gasteiger partial charge in [-0.2, -0.15) is 0 Å². The Morgan fingerprint density at radius 1 is 0.958 bits per heavy atom. The highest BCUT2D eigenvalue weighted by Gasteiger charge is 2.29. The van der Waals surface area contributed by atoms with Crippen LogP contribution in [0.3, 0.4) is 0 Å². The van der Waals surface area contributed by atoms with E-state index in [-0.39, 0.29) is 5.91 Å². The third-order valence-electron chi connectivity index (χ3n) is 4.94. The Bertz CT molecular complexity index is 696. The predicted octanol–water partition coefficient (Wildman–Crippen LogP) is 4.51. The SMILES string of the molecule is Cc1ccc(C(C)(C)C(=O)Nc2ccc(N3CCCC3)cc2)cc1. The second-order valence-electron chi connectivity index (χ2n) is 7.19. The number of carbonyl (C=O) groups is 1. The van der Waals surface area contributed by atoms with Gasteiger partial charge in [0.1, 0.15) is 0 Å². The Morgan fingerprint density at radius 3 is 2.12 bits per heavy atom. The third kappa shape index (κ3) is 3.45. The maximum absolute atomic E-state index is 12.7. The summed E-state index contributed by atoms with van der Waals surface area (Å²) in [5, 5.41) is 3.06. The van der Waals surface area contributed by atoms with Crippen LogP contribution in [-0.2, 0) is 10.2 Å². The van der Waals surface area contributed by atoms with Gasteiger partial charge in [-0.15, -0.1) is 0 Å². The lowest BCUT2D eigenvalue weighted by Crippen LogP contribution is -2.34. The van der Waals surface area contributed by atoms with E-state index in [0.717, 1.165) is 24.3 Å². The number of nitrogens with zero attached hydrogens (tertiary/aromatic N) is 1. The van der Waals surface area contributed by atoms with Crippen LogP contribution in [0.1, 0.15) is 37.8 Å². The summed E-state index contributed by atoms with van der Waals surface area (Å²) in [6, 6.07) is 16.4. The Hall–Kier alpha value is -2.29. The summed E-state index contributed by atoms with van der Waals surface area (Å²) in [4.78, 5) is 15.1. The number of anilines is 2. The molecule has 1 N–H and O–H groups in total. The van der Waals surface area contributed by atoms with Crippen LogP contribution in [-0.4, -0.2) is 19.0 Å². The largest absolute Gasteiger partial charge is 0.372 e. The second kappa shape index (κ2) is 6.68. The Kier molecular flexibility index (Phi) is 4.61. The Labute approximate surface area is 144 Å². The summed E-state index contributed by atoms with van der Waals surface area (Å²) >= 11 is 0. The lowest BCUT2D eigenvalue weighted by molar-refractivity contribution is -0.120. The van der Waals surface area contributed by atoms with E-state index < -0.39 is 5.41 Å². The average molecular weight is 322 g/mol. The van der Waals surface area contributed by atoms with Crippen molar-refractivity contribution < 1.29 is 4.79 Å². The van der Waals surface area contributed by atoms with Crippen LogP contribution >= 0.6 is 0 Å². The number of benzene rings is 2. The van der Waals surface area contributed by atoms with Crippen molar-refractivity contribution in [1.29, 1.82) is 0 Å². The molecule has 1 fully saturated rings. The van der Waals surface area contributed by atoms with Crippen molar-refractivity contribution in [2.45, 2.75) is 39.0 Å². The van der Waals surface area contributed by atoms with Gasteiger partial charge in [-0.05, 0) is 63.4 Å². The highest BCUT2D eigenvalue weighted by Crippen LogP contribution is 2.27. The van der Waals surface area contributed by atoms with E-state index >= 15 is 0 Å². The van der Waals surface area contributed by atoms with E-state index in [1.54, 1.807) is 0 Å². The fourth-order valence-electron chi connectivity index (χ4n) is 3.12. The molecule has 2 aromatic rings. The predicted molar refractivity (Wildman–Crippen MR) is 101 cm³/mol. The lowest BCUT2D eigenvalue weighted by atomic mass is 9.83. The summed E-state index contributed by atoms with van der Waals surface area (Å²) < 4.78 is 0. The monoisotopic (exact) mass is 322 g/mol. The number of nitrogens with one attached hydrogen (secondary N) is 1. The molecule has 1 aliphatic heterocycles. The summed E-state index contributed by atoms with van der Waals surface area (Å²) in [5.41, 5.74) is 3.75. The van der Waals surface area contributed by atoms with E-state index in [9.17, 15) is 4.79 Å². The molecule has 0 bridgehead atoms. The van der Waals surface area contributed by atoms with Crippen molar-refractivity contribution in [2.24, 2.45) is 0 Å². The van der Waals surface area contributed by atoms with Gasteiger partial charge in [0.15, 0.2) is 0 Å². The minimum Gasteiger partial charge on any atom is -0.372 e. The number of hydrogen-bond acceptors (Lipinski definition) is 2. The molecule has 126 valence electrons. The van der Waals surface area contributed by atoms with Crippen molar-refractivity contribution in [3.05, 3.63) is 59.7 Å². The van der Waals surface area contributed by atoms with Crippen molar-refractivity contribution in [3.8, 4) is 0 Å². The van der Waals surface area contributed by atoms with Crippen LogP contribution in [0.4, 0.5) is 11.4 Å².